The van der Waals surface area contributed by atoms with Gasteiger partial charge in [-0.05, 0) is 36.4 Å². The summed E-state index contributed by atoms with van der Waals surface area (Å²) in [6.45, 7) is 3.31. The normalized spacial score (nSPS) is 15.7. The van der Waals surface area contributed by atoms with E-state index in [0.717, 1.165) is 26.2 Å². The molecule has 0 aromatic heterocycles. The number of rotatable bonds is 4. The van der Waals surface area contributed by atoms with Gasteiger partial charge in [0, 0.05) is 12.6 Å². The lowest BCUT2D eigenvalue weighted by molar-refractivity contribution is -0.883. The van der Waals surface area contributed by atoms with Crippen molar-refractivity contribution in [3.05, 3.63) is 60.2 Å². The average molecular weight is 374 g/mol. The third-order valence-electron chi connectivity index (χ3n) is 4.78. The number of anilines is 1. The topological polar surface area (TPSA) is 62.1 Å². The fraction of sp³-hybridized carbons (Fsp3) is 0.316. The van der Waals surface area contributed by atoms with E-state index in [-0.39, 0.29) is 10.8 Å². The number of benzene rings is 2. The number of nitrogens with zero attached hydrogens (tertiary/aromatic N) is 2. The molecule has 0 spiro atoms. The van der Waals surface area contributed by atoms with Crippen LogP contribution in [0.3, 0.4) is 0 Å². The van der Waals surface area contributed by atoms with Gasteiger partial charge in [-0.15, -0.1) is 0 Å². The Morgan fingerprint density at radius 2 is 1.58 bits per heavy atom. The highest BCUT2D eigenvalue weighted by Gasteiger charge is 2.24. The Morgan fingerprint density at radius 3 is 2.15 bits per heavy atom. The van der Waals surface area contributed by atoms with Crippen molar-refractivity contribution in [1.82, 2.24) is 4.90 Å². The Kier molecular flexibility index (Phi) is 5.29. The Labute approximate surface area is 154 Å². The monoisotopic (exact) mass is 374 g/mol. The number of piperazine rings is 1. The molecule has 1 fully saturated rings. The minimum atomic E-state index is -3.66. The van der Waals surface area contributed by atoms with Crippen LogP contribution in [0.15, 0.2) is 59.5 Å². The second-order valence-electron chi connectivity index (χ2n) is 6.58. The summed E-state index contributed by atoms with van der Waals surface area (Å²) in [5, 5.41) is 0. The summed E-state index contributed by atoms with van der Waals surface area (Å²) in [4.78, 5) is 16.0. The molecule has 2 aromatic rings. The summed E-state index contributed by atoms with van der Waals surface area (Å²) in [5.74, 6) is -0.0436. The average Bonchev–Trinajstić information content (AvgIpc) is 2.68. The Balaban J connectivity index is 1.77. The number of hydrogen-bond acceptors (Lipinski definition) is 3. The second-order valence-corrected chi connectivity index (χ2v) is 8.55. The molecule has 1 saturated heterocycles. The molecule has 1 N–H and O–H groups in total. The van der Waals surface area contributed by atoms with Gasteiger partial charge in [0.1, 0.15) is 0 Å². The van der Waals surface area contributed by atoms with E-state index in [9.17, 15) is 13.2 Å². The molecule has 7 heteroatoms. The number of amides is 1. The SMILES string of the molecule is CN(c1ccccc1)S(=O)(=O)c1ccc(C(=O)N2CC[NH+](C)CC2)cc1. The molecule has 1 amide bonds. The van der Waals surface area contributed by atoms with Gasteiger partial charge in [-0.25, -0.2) is 8.42 Å². The van der Waals surface area contributed by atoms with Gasteiger partial charge in [0.2, 0.25) is 0 Å². The maximum Gasteiger partial charge on any atom is 0.264 e. The molecular weight excluding hydrogens is 350 g/mol. The summed E-state index contributed by atoms with van der Waals surface area (Å²) in [6, 6.07) is 15.1. The smallest absolute Gasteiger partial charge is 0.264 e. The van der Waals surface area contributed by atoms with E-state index in [1.807, 2.05) is 11.0 Å². The molecule has 1 heterocycles. The lowest BCUT2D eigenvalue weighted by Crippen LogP contribution is -3.12. The third kappa shape index (κ3) is 3.73. The molecule has 2 aromatic carbocycles. The predicted octanol–water partition coefficient (Wildman–Crippen LogP) is 0.482. The lowest BCUT2D eigenvalue weighted by atomic mass is 10.2. The van der Waals surface area contributed by atoms with Crippen LogP contribution in [0.4, 0.5) is 5.69 Å². The number of quaternary nitrogens is 1. The number of hydrogen-bond donors (Lipinski definition) is 1. The Bertz CT molecular complexity index is 859. The minimum Gasteiger partial charge on any atom is -0.334 e. The Hall–Kier alpha value is -2.38. The van der Waals surface area contributed by atoms with Crippen LogP contribution in [-0.4, -0.2) is 59.5 Å². The molecule has 1 aliphatic heterocycles. The molecule has 0 aliphatic carbocycles. The molecule has 0 bridgehead atoms. The van der Waals surface area contributed by atoms with Crippen LogP contribution >= 0.6 is 0 Å². The first-order valence-corrected chi connectivity index (χ1v) is 10.1. The first-order valence-electron chi connectivity index (χ1n) is 8.64. The van der Waals surface area contributed by atoms with Crippen LogP contribution in [0.1, 0.15) is 10.4 Å². The molecule has 138 valence electrons. The highest BCUT2D eigenvalue weighted by atomic mass is 32.2. The molecule has 0 unspecified atom stereocenters. The van der Waals surface area contributed by atoms with Crippen LogP contribution in [0.5, 0.6) is 0 Å². The van der Waals surface area contributed by atoms with Gasteiger partial charge < -0.3 is 9.80 Å². The van der Waals surface area contributed by atoms with Crippen LogP contribution in [0.25, 0.3) is 0 Å². The van der Waals surface area contributed by atoms with E-state index in [1.165, 1.54) is 28.4 Å². The number of carbonyl (C=O) groups is 1. The maximum atomic E-state index is 12.8. The van der Waals surface area contributed by atoms with Crippen molar-refractivity contribution in [2.45, 2.75) is 4.90 Å². The highest BCUT2D eigenvalue weighted by molar-refractivity contribution is 7.92. The molecule has 6 nitrogen and oxygen atoms in total. The number of para-hydroxylation sites is 1. The van der Waals surface area contributed by atoms with Crippen molar-refractivity contribution < 1.29 is 18.1 Å². The molecule has 0 radical (unpaired) electrons. The van der Waals surface area contributed by atoms with Crippen molar-refractivity contribution >= 4 is 21.6 Å². The van der Waals surface area contributed by atoms with E-state index in [1.54, 1.807) is 36.4 Å². The molecule has 3 rings (SSSR count). The summed E-state index contributed by atoms with van der Waals surface area (Å²) in [5.41, 5.74) is 1.11. The van der Waals surface area contributed by atoms with Gasteiger partial charge in [-0.1, -0.05) is 18.2 Å². The first-order chi connectivity index (χ1) is 12.4. The van der Waals surface area contributed by atoms with E-state index >= 15 is 0 Å². The van der Waals surface area contributed by atoms with E-state index in [0.29, 0.717) is 11.3 Å². The zero-order valence-electron chi connectivity index (χ0n) is 15.1. The largest absolute Gasteiger partial charge is 0.334 e. The predicted molar refractivity (Wildman–Crippen MR) is 101 cm³/mol. The first kappa shape index (κ1) is 18.4. The molecule has 26 heavy (non-hydrogen) atoms. The molecule has 1 aliphatic rings. The van der Waals surface area contributed by atoms with Gasteiger partial charge in [0.05, 0.1) is 43.8 Å². The Morgan fingerprint density at radius 1 is 1.00 bits per heavy atom. The number of likely N-dealkylation sites (N-methyl/N-ethyl adjacent to an activating group) is 1. The molecular formula is C19H24N3O3S+. The summed E-state index contributed by atoms with van der Waals surface area (Å²) in [7, 11) is -0.0217. The number of carbonyl (C=O) groups excluding carboxylic acids is 1. The quantitative estimate of drug-likeness (QED) is 0.847. The van der Waals surface area contributed by atoms with Crippen LogP contribution in [-0.2, 0) is 10.0 Å². The fourth-order valence-corrected chi connectivity index (χ4v) is 4.17. The lowest BCUT2D eigenvalue weighted by Gasteiger charge is -2.30. The van der Waals surface area contributed by atoms with Crippen LogP contribution < -0.4 is 9.21 Å². The van der Waals surface area contributed by atoms with Crippen molar-refractivity contribution in [2.75, 3.05) is 44.6 Å². The van der Waals surface area contributed by atoms with Gasteiger partial charge >= 0.3 is 0 Å². The zero-order chi connectivity index (χ0) is 18.7. The van der Waals surface area contributed by atoms with Gasteiger partial charge in [-0.3, -0.25) is 9.10 Å². The number of sulfonamides is 1. The summed E-state index contributed by atoms with van der Waals surface area (Å²) >= 11 is 0. The van der Waals surface area contributed by atoms with Gasteiger partial charge in [0.15, 0.2) is 0 Å². The van der Waals surface area contributed by atoms with Crippen molar-refractivity contribution in [3.63, 3.8) is 0 Å². The van der Waals surface area contributed by atoms with Gasteiger partial charge in [0.25, 0.3) is 15.9 Å². The van der Waals surface area contributed by atoms with Crippen LogP contribution in [0.2, 0.25) is 0 Å². The van der Waals surface area contributed by atoms with Crippen LogP contribution in [0, 0.1) is 0 Å². The van der Waals surface area contributed by atoms with E-state index in [4.69, 9.17) is 0 Å². The van der Waals surface area contributed by atoms with Crippen molar-refractivity contribution in [2.24, 2.45) is 0 Å². The van der Waals surface area contributed by atoms with E-state index in [2.05, 4.69) is 7.05 Å². The van der Waals surface area contributed by atoms with Crippen molar-refractivity contribution in [3.8, 4) is 0 Å². The second kappa shape index (κ2) is 7.47. The summed E-state index contributed by atoms with van der Waals surface area (Å²) in [6.07, 6.45) is 0. The zero-order valence-corrected chi connectivity index (χ0v) is 15.9. The van der Waals surface area contributed by atoms with Gasteiger partial charge in [-0.2, -0.15) is 0 Å². The van der Waals surface area contributed by atoms with Crippen molar-refractivity contribution in [1.29, 1.82) is 0 Å². The molecule has 0 saturated carbocycles. The maximum absolute atomic E-state index is 12.8. The standard InChI is InChI=1S/C19H23N3O3S/c1-20-12-14-22(15-13-20)19(23)16-8-10-18(11-9-16)26(24,25)21(2)17-6-4-3-5-7-17/h3-11H,12-15H2,1-2H3/p+1. The third-order valence-corrected chi connectivity index (χ3v) is 6.58. The summed E-state index contributed by atoms with van der Waals surface area (Å²) < 4.78 is 26.8. The van der Waals surface area contributed by atoms with E-state index < -0.39 is 10.0 Å². The fourth-order valence-electron chi connectivity index (χ4n) is 2.98. The minimum absolute atomic E-state index is 0.0436. The number of nitrogens with one attached hydrogen (secondary N) is 1. The molecule has 0 atom stereocenters. The highest BCUT2D eigenvalue weighted by Crippen LogP contribution is 2.22.